The minimum Gasteiger partial charge on any atom is -0.385 e. The normalized spacial score (nSPS) is 20.7. The summed E-state index contributed by atoms with van der Waals surface area (Å²) in [6.07, 6.45) is 1.05. The third-order valence-corrected chi connectivity index (χ3v) is 3.01. The molecule has 1 aliphatic rings. The van der Waals surface area contributed by atoms with Crippen LogP contribution in [0.15, 0.2) is 0 Å². The Bertz CT molecular complexity index is 262. The molecule has 0 saturated carbocycles. The standard InChI is InChI=1S/C13H27N3O3/c1-15(2)9-12-10-16(6-8-19-12)11-13(17)14-5-4-7-18-3/h12H,4-11H2,1-3H3,(H,14,17)/t12-/m0/s1. The van der Waals surface area contributed by atoms with Crippen molar-refractivity contribution in [1.82, 2.24) is 15.1 Å². The molecule has 19 heavy (non-hydrogen) atoms. The molecule has 1 fully saturated rings. The molecule has 0 bridgehead atoms. The molecule has 1 rings (SSSR count). The van der Waals surface area contributed by atoms with Gasteiger partial charge in [-0.3, -0.25) is 9.69 Å². The summed E-state index contributed by atoms with van der Waals surface area (Å²) in [5, 5.41) is 2.91. The van der Waals surface area contributed by atoms with Crippen molar-refractivity contribution in [1.29, 1.82) is 0 Å². The molecular formula is C13H27N3O3. The van der Waals surface area contributed by atoms with Gasteiger partial charge in [0.1, 0.15) is 0 Å². The number of hydrogen-bond donors (Lipinski definition) is 1. The van der Waals surface area contributed by atoms with Gasteiger partial charge in [0.05, 0.1) is 19.3 Å². The lowest BCUT2D eigenvalue weighted by Crippen LogP contribution is -2.49. The molecule has 0 aromatic carbocycles. The predicted octanol–water partition coefficient (Wildman–Crippen LogP) is -0.598. The second-order valence-corrected chi connectivity index (χ2v) is 5.19. The zero-order valence-electron chi connectivity index (χ0n) is 12.4. The average Bonchev–Trinajstić information content (AvgIpc) is 2.34. The highest BCUT2D eigenvalue weighted by Gasteiger charge is 2.22. The number of nitrogens with zero attached hydrogens (tertiary/aromatic N) is 2. The van der Waals surface area contributed by atoms with Gasteiger partial charge in [0.15, 0.2) is 0 Å². The maximum absolute atomic E-state index is 11.8. The first kappa shape index (κ1) is 16.4. The molecule has 0 unspecified atom stereocenters. The predicted molar refractivity (Wildman–Crippen MR) is 74.2 cm³/mol. The van der Waals surface area contributed by atoms with Crippen LogP contribution in [0.2, 0.25) is 0 Å². The smallest absolute Gasteiger partial charge is 0.234 e. The first-order chi connectivity index (χ1) is 9.11. The van der Waals surface area contributed by atoms with Crippen LogP contribution in [0.25, 0.3) is 0 Å². The first-order valence-electron chi connectivity index (χ1n) is 6.86. The van der Waals surface area contributed by atoms with Crippen molar-refractivity contribution in [3.05, 3.63) is 0 Å². The maximum Gasteiger partial charge on any atom is 0.234 e. The molecule has 6 nitrogen and oxygen atoms in total. The number of nitrogens with one attached hydrogen (secondary N) is 1. The summed E-state index contributed by atoms with van der Waals surface area (Å²) < 4.78 is 10.6. The molecule has 0 aromatic heterocycles. The zero-order valence-corrected chi connectivity index (χ0v) is 12.4. The SMILES string of the molecule is COCCCNC(=O)CN1CCO[C@@H](CN(C)C)C1. The maximum atomic E-state index is 11.8. The van der Waals surface area contributed by atoms with Crippen LogP contribution in [0.3, 0.4) is 0 Å². The molecule has 112 valence electrons. The van der Waals surface area contributed by atoms with E-state index in [4.69, 9.17) is 9.47 Å². The summed E-state index contributed by atoms with van der Waals surface area (Å²) in [7, 11) is 5.73. The number of rotatable bonds is 8. The highest BCUT2D eigenvalue weighted by atomic mass is 16.5. The van der Waals surface area contributed by atoms with Crippen LogP contribution >= 0.6 is 0 Å². The number of carbonyl (C=O) groups excluding carboxylic acids is 1. The number of carbonyl (C=O) groups is 1. The Morgan fingerprint density at radius 3 is 3.00 bits per heavy atom. The molecule has 1 aliphatic heterocycles. The van der Waals surface area contributed by atoms with Gasteiger partial charge < -0.3 is 19.7 Å². The number of morpholine rings is 1. The van der Waals surface area contributed by atoms with E-state index in [0.717, 1.165) is 26.1 Å². The van der Waals surface area contributed by atoms with Crippen LogP contribution in [0.5, 0.6) is 0 Å². The summed E-state index contributed by atoms with van der Waals surface area (Å²) in [6, 6.07) is 0. The van der Waals surface area contributed by atoms with Crippen molar-refractivity contribution in [3.8, 4) is 0 Å². The minimum absolute atomic E-state index is 0.0848. The van der Waals surface area contributed by atoms with E-state index in [1.165, 1.54) is 0 Å². The summed E-state index contributed by atoms with van der Waals surface area (Å²) in [5.41, 5.74) is 0. The van der Waals surface area contributed by atoms with Crippen LogP contribution in [-0.4, -0.2) is 89.0 Å². The van der Waals surface area contributed by atoms with Crippen molar-refractivity contribution >= 4 is 5.91 Å². The molecule has 1 amide bonds. The van der Waals surface area contributed by atoms with Crippen LogP contribution in [0, 0.1) is 0 Å². The molecular weight excluding hydrogens is 246 g/mol. The van der Waals surface area contributed by atoms with Gasteiger partial charge in [-0.1, -0.05) is 0 Å². The van der Waals surface area contributed by atoms with Crippen molar-refractivity contribution in [3.63, 3.8) is 0 Å². The van der Waals surface area contributed by atoms with E-state index < -0.39 is 0 Å². The summed E-state index contributed by atoms with van der Waals surface area (Å²) in [4.78, 5) is 16.0. The number of amides is 1. The topological polar surface area (TPSA) is 54.0 Å². The lowest BCUT2D eigenvalue weighted by molar-refractivity contribution is -0.124. The third-order valence-electron chi connectivity index (χ3n) is 3.01. The lowest BCUT2D eigenvalue weighted by Gasteiger charge is -2.33. The van der Waals surface area contributed by atoms with E-state index in [0.29, 0.717) is 26.3 Å². The quantitative estimate of drug-likeness (QED) is 0.599. The monoisotopic (exact) mass is 273 g/mol. The Balaban J connectivity index is 2.18. The van der Waals surface area contributed by atoms with Gasteiger partial charge in [0, 0.05) is 39.9 Å². The Morgan fingerprint density at radius 2 is 2.32 bits per heavy atom. The second kappa shape index (κ2) is 9.25. The highest BCUT2D eigenvalue weighted by molar-refractivity contribution is 5.77. The van der Waals surface area contributed by atoms with Gasteiger partial charge in [0.2, 0.25) is 5.91 Å². The Labute approximate surface area is 116 Å². The minimum atomic E-state index is 0.0848. The molecule has 0 aromatic rings. The molecule has 1 heterocycles. The van der Waals surface area contributed by atoms with Crippen LogP contribution in [0.4, 0.5) is 0 Å². The Kier molecular flexibility index (Phi) is 7.97. The number of methoxy groups -OCH3 is 1. The lowest BCUT2D eigenvalue weighted by atomic mass is 10.2. The Morgan fingerprint density at radius 1 is 1.53 bits per heavy atom. The average molecular weight is 273 g/mol. The molecule has 0 spiro atoms. The Hall–Kier alpha value is -0.690. The van der Waals surface area contributed by atoms with Gasteiger partial charge in [-0.05, 0) is 20.5 Å². The van der Waals surface area contributed by atoms with E-state index in [1.54, 1.807) is 7.11 Å². The van der Waals surface area contributed by atoms with Gasteiger partial charge in [0.25, 0.3) is 0 Å². The van der Waals surface area contributed by atoms with Crippen LogP contribution in [-0.2, 0) is 14.3 Å². The fourth-order valence-corrected chi connectivity index (χ4v) is 2.15. The van der Waals surface area contributed by atoms with Crippen LogP contribution in [0.1, 0.15) is 6.42 Å². The largest absolute Gasteiger partial charge is 0.385 e. The van der Waals surface area contributed by atoms with E-state index >= 15 is 0 Å². The van der Waals surface area contributed by atoms with Crippen LogP contribution < -0.4 is 5.32 Å². The summed E-state index contributed by atoms with van der Waals surface area (Å²) in [5.74, 6) is 0.0848. The van der Waals surface area contributed by atoms with E-state index in [2.05, 4.69) is 15.1 Å². The molecule has 1 atom stereocenters. The second-order valence-electron chi connectivity index (χ2n) is 5.19. The van der Waals surface area contributed by atoms with Gasteiger partial charge in [-0.2, -0.15) is 0 Å². The highest BCUT2D eigenvalue weighted by Crippen LogP contribution is 2.05. The van der Waals surface area contributed by atoms with E-state index in [9.17, 15) is 4.79 Å². The zero-order chi connectivity index (χ0) is 14.1. The summed E-state index contributed by atoms with van der Waals surface area (Å²) in [6.45, 7) is 5.07. The van der Waals surface area contributed by atoms with Gasteiger partial charge >= 0.3 is 0 Å². The molecule has 1 saturated heterocycles. The number of ether oxygens (including phenoxy) is 2. The first-order valence-corrected chi connectivity index (χ1v) is 6.86. The van der Waals surface area contributed by atoms with Gasteiger partial charge in [-0.25, -0.2) is 0 Å². The molecule has 6 heteroatoms. The van der Waals surface area contributed by atoms with Crippen molar-refractivity contribution < 1.29 is 14.3 Å². The fraction of sp³-hybridized carbons (Fsp3) is 0.923. The van der Waals surface area contributed by atoms with Crippen molar-refractivity contribution in [2.75, 3.05) is 67.1 Å². The summed E-state index contributed by atoms with van der Waals surface area (Å²) >= 11 is 0. The fourth-order valence-electron chi connectivity index (χ4n) is 2.15. The molecule has 0 radical (unpaired) electrons. The van der Waals surface area contributed by atoms with Crippen molar-refractivity contribution in [2.45, 2.75) is 12.5 Å². The van der Waals surface area contributed by atoms with E-state index in [-0.39, 0.29) is 12.0 Å². The van der Waals surface area contributed by atoms with E-state index in [1.807, 2.05) is 14.1 Å². The molecule has 0 aliphatic carbocycles. The van der Waals surface area contributed by atoms with Crippen molar-refractivity contribution in [2.24, 2.45) is 0 Å². The van der Waals surface area contributed by atoms with Gasteiger partial charge in [-0.15, -0.1) is 0 Å². The number of hydrogen-bond acceptors (Lipinski definition) is 5. The number of likely N-dealkylation sites (N-methyl/N-ethyl adjacent to an activating group) is 1. The molecule has 1 N–H and O–H groups in total. The third kappa shape index (κ3) is 7.47.